The Labute approximate surface area is 136 Å². The normalized spacial score (nSPS) is 13.3. The number of nitrogens with one attached hydrogen (secondary N) is 1. The number of benzene rings is 1. The van der Waals surface area contributed by atoms with Gasteiger partial charge in [-0.3, -0.25) is 0 Å². The molecule has 0 spiro atoms. The lowest BCUT2D eigenvalue weighted by Gasteiger charge is -2.24. The van der Waals surface area contributed by atoms with Crippen molar-refractivity contribution in [3.8, 4) is 0 Å². The molecule has 0 heterocycles. The highest BCUT2D eigenvalue weighted by Crippen LogP contribution is 2.24. The van der Waals surface area contributed by atoms with Crippen LogP contribution >= 0.6 is 15.9 Å². The molecular weight excluding hydrogens is 332 g/mol. The predicted octanol–water partition coefficient (Wildman–Crippen LogP) is 2.78. The molecule has 120 valence electrons. The Balaban J connectivity index is 2.68. The highest BCUT2D eigenvalue weighted by atomic mass is 79.9. The van der Waals surface area contributed by atoms with Gasteiger partial charge in [0.1, 0.15) is 0 Å². The van der Waals surface area contributed by atoms with Gasteiger partial charge in [-0.25, -0.2) is 0 Å². The molecule has 1 aromatic carbocycles. The van der Waals surface area contributed by atoms with Gasteiger partial charge in [0.05, 0.1) is 12.7 Å². The number of methoxy groups -OCH3 is 1. The molecular formula is C16H27BrN2O2. The van der Waals surface area contributed by atoms with Gasteiger partial charge >= 0.3 is 0 Å². The van der Waals surface area contributed by atoms with Gasteiger partial charge < -0.3 is 20.1 Å². The van der Waals surface area contributed by atoms with Crippen LogP contribution in [0.15, 0.2) is 22.7 Å². The molecule has 0 bridgehead atoms. The lowest BCUT2D eigenvalue weighted by atomic mass is 10.1. The zero-order chi connectivity index (χ0) is 16.0. The van der Waals surface area contributed by atoms with Crippen molar-refractivity contribution in [2.45, 2.75) is 39.0 Å². The Morgan fingerprint density at radius 1 is 1.38 bits per heavy atom. The number of halogens is 1. The van der Waals surface area contributed by atoms with E-state index in [4.69, 9.17) is 4.74 Å². The first-order valence-electron chi connectivity index (χ1n) is 7.14. The summed E-state index contributed by atoms with van der Waals surface area (Å²) in [5, 5.41) is 13.3. The minimum absolute atomic E-state index is 0.0964. The molecule has 0 saturated carbocycles. The number of aliphatic hydroxyl groups is 1. The van der Waals surface area contributed by atoms with Gasteiger partial charge in [-0.15, -0.1) is 0 Å². The standard InChI is InChI=1S/C16H27BrN2O2/c1-16(2,3)18-9-12-6-7-13(8-15(12)17)19(4)10-14(20)11-21-5/h6-8,14,18,20H,9-11H2,1-5H3. The third-order valence-corrected chi connectivity index (χ3v) is 3.87. The van der Waals surface area contributed by atoms with Crippen LogP contribution in [0.5, 0.6) is 0 Å². The van der Waals surface area contributed by atoms with Crippen molar-refractivity contribution in [3.05, 3.63) is 28.2 Å². The van der Waals surface area contributed by atoms with Gasteiger partial charge in [-0.05, 0) is 38.5 Å². The van der Waals surface area contributed by atoms with Crippen LogP contribution in [0.1, 0.15) is 26.3 Å². The van der Waals surface area contributed by atoms with Crippen LogP contribution in [0.2, 0.25) is 0 Å². The molecule has 1 unspecified atom stereocenters. The van der Waals surface area contributed by atoms with Crippen molar-refractivity contribution in [2.24, 2.45) is 0 Å². The molecule has 5 heteroatoms. The van der Waals surface area contributed by atoms with Crippen molar-refractivity contribution >= 4 is 21.6 Å². The van der Waals surface area contributed by atoms with Crippen LogP contribution in [-0.2, 0) is 11.3 Å². The van der Waals surface area contributed by atoms with Crippen LogP contribution < -0.4 is 10.2 Å². The maximum Gasteiger partial charge on any atom is 0.0947 e. The molecule has 1 aromatic rings. The fourth-order valence-corrected chi connectivity index (χ4v) is 2.45. The van der Waals surface area contributed by atoms with E-state index in [1.807, 2.05) is 11.9 Å². The lowest BCUT2D eigenvalue weighted by Crippen LogP contribution is -2.35. The third-order valence-electron chi connectivity index (χ3n) is 3.13. The first kappa shape index (κ1) is 18.4. The number of aliphatic hydroxyl groups excluding tert-OH is 1. The monoisotopic (exact) mass is 358 g/mol. The molecule has 2 N–H and O–H groups in total. The Kier molecular flexibility index (Phi) is 7.13. The van der Waals surface area contributed by atoms with Gasteiger partial charge in [0, 0.05) is 42.9 Å². The van der Waals surface area contributed by atoms with E-state index in [1.54, 1.807) is 7.11 Å². The molecule has 21 heavy (non-hydrogen) atoms. The largest absolute Gasteiger partial charge is 0.389 e. The quantitative estimate of drug-likeness (QED) is 0.786. The summed E-state index contributed by atoms with van der Waals surface area (Å²) >= 11 is 3.63. The lowest BCUT2D eigenvalue weighted by molar-refractivity contribution is 0.0695. The van der Waals surface area contributed by atoms with Crippen molar-refractivity contribution in [2.75, 3.05) is 32.2 Å². The smallest absolute Gasteiger partial charge is 0.0947 e. The molecule has 0 aliphatic carbocycles. The number of hydrogen-bond donors (Lipinski definition) is 2. The zero-order valence-corrected chi connectivity index (χ0v) is 15.2. The Morgan fingerprint density at radius 2 is 2.05 bits per heavy atom. The van der Waals surface area contributed by atoms with Gasteiger partial charge in [-0.2, -0.15) is 0 Å². The molecule has 0 fully saturated rings. The van der Waals surface area contributed by atoms with Crippen LogP contribution in [0.25, 0.3) is 0 Å². The maximum atomic E-state index is 9.79. The molecule has 1 rings (SSSR count). The van der Waals surface area contributed by atoms with Gasteiger partial charge in [0.2, 0.25) is 0 Å². The summed E-state index contributed by atoms with van der Waals surface area (Å²) in [6.07, 6.45) is -0.485. The van der Waals surface area contributed by atoms with Crippen molar-refractivity contribution < 1.29 is 9.84 Å². The Bertz CT molecular complexity index is 446. The SMILES string of the molecule is COCC(O)CN(C)c1ccc(CNC(C)(C)C)c(Br)c1. The molecule has 0 aliphatic heterocycles. The average Bonchev–Trinajstić information content (AvgIpc) is 2.36. The van der Waals surface area contributed by atoms with Crippen molar-refractivity contribution in [3.63, 3.8) is 0 Å². The number of likely N-dealkylation sites (N-methyl/N-ethyl adjacent to an activating group) is 1. The summed E-state index contributed by atoms with van der Waals surface area (Å²) in [6.45, 7) is 8.17. The van der Waals surface area contributed by atoms with Crippen LogP contribution in [0.3, 0.4) is 0 Å². The fraction of sp³-hybridized carbons (Fsp3) is 0.625. The second-order valence-corrected chi connectivity index (χ2v) is 7.22. The predicted molar refractivity (Wildman–Crippen MR) is 91.9 cm³/mol. The number of rotatable bonds is 7. The van der Waals surface area contributed by atoms with E-state index in [-0.39, 0.29) is 5.54 Å². The topological polar surface area (TPSA) is 44.7 Å². The van der Waals surface area contributed by atoms with E-state index in [9.17, 15) is 5.11 Å². The minimum Gasteiger partial charge on any atom is -0.389 e. The van der Waals surface area contributed by atoms with E-state index in [1.165, 1.54) is 5.56 Å². The summed E-state index contributed by atoms with van der Waals surface area (Å²) in [6, 6.07) is 6.26. The van der Waals surface area contributed by atoms with Crippen LogP contribution in [0, 0.1) is 0 Å². The number of anilines is 1. The van der Waals surface area contributed by atoms with E-state index in [2.05, 4.69) is 60.2 Å². The molecule has 0 saturated heterocycles. The first-order chi connectivity index (χ1) is 9.73. The number of hydrogen-bond acceptors (Lipinski definition) is 4. The van der Waals surface area contributed by atoms with Crippen molar-refractivity contribution in [1.82, 2.24) is 5.32 Å². The second-order valence-electron chi connectivity index (χ2n) is 6.37. The highest BCUT2D eigenvalue weighted by Gasteiger charge is 2.12. The summed E-state index contributed by atoms with van der Waals surface area (Å²) in [5.41, 5.74) is 2.38. The molecule has 1 atom stereocenters. The van der Waals surface area contributed by atoms with Crippen LogP contribution in [-0.4, -0.2) is 44.1 Å². The molecule has 0 aliphatic rings. The summed E-state index contributed by atoms with van der Waals surface area (Å²) in [4.78, 5) is 2.02. The Hall–Kier alpha value is -0.620. The summed E-state index contributed by atoms with van der Waals surface area (Å²) in [7, 11) is 3.56. The molecule has 0 amide bonds. The van der Waals surface area contributed by atoms with Gasteiger partial charge in [-0.1, -0.05) is 22.0 Å². The molecule has 4 nitrogen and oxygen atoms in total. The number of nitrogens with zero attached hydrogens (tertiary/aromatic N) is 1. The number of ether oxygens (including phenoxy) is 1. The molecule has 0 radical (unpaired) electrons. The van der Waals surface area contributed by atoms with E-state index in [0.717, 1.165) is 16.7 Å². The fourth-order valence-electron chi connectivity index (χ4n) is 1.94. The second kappa shape index (κ2) is 8.13. The average molecular weight is 359 g/mol. The third kappa shape index (κ3) is 6.78. The summed E-state index contributed by atoms with van der Waals surface area (Å²) < 4.78 is 6.03. The van der Waals surface area contributed by atoms with E-state index in [0.29, 0.717) is 13.2 Å². The van der Waals surface area contributed by atoms with E-state index >= 15 is 0 Å². The van der Waals surface area contributed by atoms with Crippen LogP contribution in [0.4, 0.5) is 5.69 Å². The zero-order valence-electron chi connectivity index (χ0n) is 13.6. The van der Waals surface area contributed by atoms with Crippen molar-refractivity contribution in [1.29, 1.82) is 0 Å². The maximum absolute atomic E-state index is 9.79. The van der Waals surface area contributed by atoms with Gasteiger partial charge in [0.15, 0.2) is 0 Å². The highest BCUT2D eigenvalue weighted by molar-refractivity contribution is 9.10. The van der Waals surface area contributed by atoms with E-state index < -0.39 is 6.10 Å². The molecule has 0 aromatic heterocycles. The van der Waals surface area contributed by atoms with Gasteiger partial charge in [0.25, 0.3) is 0 Å². The minimum atomic E-state index is -0.485. The first-order valence-corrected chi connectivity index (χ1v) is 7.94. The Morgan fingerprint density at radius 3 is 2.57 bits per heavy atom. The summed E-state index contributed by atoms with van der Waals surface area (Å²) in [5.74, 6) is 0.